The Hall–Kier alpha value is -0.450. The van der Waals surface area contributed by atoms with Gasteiger partial charge in [-0.1, -0.05) is 19.8 Å². The van der Waals surface area contributed by atoms with Crippen molar-refractivity contribution in [2.45, 2.75) is 64.3 Å². The normalized spacial score (nSPS) is 23.7. The molecule has 3 nitrogen and oxygen atoms in total. The van der Waals surface area contributed by atoms with Gasteiger partial charge in [-0.3, -0.25) is 4.90 Å². The van der Waals surface area contributed by atoms with Crippen molar-refractivity contribution in [2.75, 3.05) is 19.7 Å². The molecule has 0 atom stereocenters. The largest absolute Gasteiger partial charge is 0.396 e. The number of aliphatic hydroxyl groups is 1. The second-order valence-corrected chi connectivity index (χ2v) is 8.08. The fraction of sp³-hybridized carbons (Fsp3) is 0.824. The monoisotopic (exact) mass is 308 g/mol. The Morgan fingerprint density at radius 2 is 2.05 bits per heavy atom. The van der Waals surface area contributed by atoms with Crippen LogP contribution in [0.5, 0.6) is 0 Å². The molecule has 3 rings (SSSR count). The zero-order chi connectivity index (χ0) is 14.7. The first-order valence-electron chi connectivity index (χ1n) is 8.52. The molecule has 0 aromatic carbocycles. The molecular weight excluding hydrogens is 280 g/mol. The highest BCUT2D eigenvalue weighted by molar-refractivity contribution is 7.11. The van der Waals surface area contributed by atoms with Crippen LogP contribution in [0.3, 0.4) is 0 Å². The van der Waals surface area contributed by atoms with Gasteiger partial charge in [-0.25, -0.2) is 4.98 Å². The van der Waals surface area contributed by atoms with Crippen molar-refractivity contribution in [2.24, 2.45) is 5.41 Å². The van der Waals surface area contributed by atoms with Crippen molar-refractivity contribution in [1.82, 2.24) is 9.88 Å². The van der Waals surface area contributed by atoms with E-state index in [0.717, 1.165) is 44.8 Å². The molecule has 1 aliphatic heterocycles. The molecule has 0 bridgehead atoms. The average molecular weight is 308 g/mol. The summed E-state index contributed by atoms with van der Waals surface area (Å²) < 4.78 is 0. The maximum atomic E-state index is 9.62. The van der Waals surface area contributed by atoms with Crippen molar-refractivity contribution in [3.05, 3.63) is 16.1 Å². The molecule has 0 radical (unpaired) electrons. The lowest BCUT2D eigenvalue weighted by atomic mass is 9.77. The number of hydrogen-bond acceptors (Lipinski definition) is 4. The number of aliphatic hydroxyl groups excluding tert-OH is 1. The minimum absolute atomic E-state index is 0.194. The van der Waals surface area contributed by atoms with E-state index in [-0.39, 0.29) is 5.41 Å². The molecule has 2 aliphatic rings. The Kier molecular flexibility index (Phi) is 4.97. The number of aromatic nitrogens is 1. The fourth-order valence-electron chi connectivity index (χ4n) is 3.79. The third-order valence-electron chi connectivity index (χ3n) is 5.66. The summed E-state index contributed by atoms with van der Waals surface area (Å²) in [6.45, 7) is 5.85. The first kappa shape index (κ1) is 15.4. The zero-order valence-electron chi connectivity index (χ0n) is 13.2. The minimum atomic E-state index is 0.194. The summed E-state index contributed by atoms with van der Waals surface area (Å²) in [6, 6.07) is 0. The lowest BCUT2D eigenvalue weighted by Crippen LogP contribution is -2.41. The summed E-state index contributed by atoms with van der Waals surface area (Å²) >= 11 is 1.93. The van der Waals surface area contributed by atoms with Gasteiger partial charge in [0, 0.05) is 30.1 Å². The van der Waals surface area contributed by atoms with E-state index in [1.54, 1.807) is 0 Å². The van der Waals surface area contributed by atoms with Crippen LogP contribution in [0.25, 0.3) is 0 Å². The molecule has 2 heterocycles. The van der Waals surface area contributed by atoms with E-state index in [4.69, 9.17) is 0 Å². The predicted molar refractivity (Wildman–Crippen MR) is 87.6 cm³/mol. The molecule has 118 valence electrons. The van der Waals surface area contributed by atoms with Crippen LogP contribution in [-0.4, -0.2) is 34.7 Å². The van der Waals surface area contributed by atoms with Crippen LogP contribution in [0.4, 0.5) is 0 Å². The highest BCUT2D eigenvalue weighted by Gasteiger charge is 2.32. The smallest absolute Gasteiger partial charge is 0.0959 e. The van der Waals surface area contributed by atoms with Crippen LogP contribution in [-0.2, 0) is 6.54 Å². The summed E-state index contributed by atoms with van der Waals surface area (Å²) in [7, 11) is 0. The van der Waals surface area contributed by atoms with Gasteiger partial charge < -0.3 is 5.11 Å². The van der Waals surface area contributed by atoms with Crippen LogP contribution in [0.1, 0.15) is 67.7 Å². The van der Waals surface area contributed by atoms with Crippen LogP contribution >= 0.6 is 11.3 Å². The SMILES string of the molecule is CCC1(CO)CCN(Cc2cnc(C3CCCC3)s2)CC1. The standard InChI is InChI=1S/C17H28N2OS/c1-2-17(13-20)7-9-19(10-8-17)12-15-11-18-16(21-15)14-5-3-4-6-14/h11,14,20H,2-10,12-13H2,1H3. The average Bonchev–Trinajstić information content (AvgIpc) is 3.19. The van der Waals surface area contributed by atoms with Gasteiger partial charge in [0.1, 0.15) is 0 Å². The number of piperidine rings is 1. The lowest BCUT2D eigenvalue weighted by molar-refractivity contribution is 0.0385. The summed E-state index contributed by atoms with van der Waals surface area (Å²) in [5.41, 5.74) is 0.194. The van der Waals surface area contributed by atoms with Crippen LogP contribution in [0, 0.1) is 5.41 Å². The molecule has 1 saturated heterocycles. The van der Waals surface area contributed by atoms with Gasteiger partial charge in [-0.05, 0) is 50.6 Å². The number of rotatable bonds is 5. The Bertz CT molecular complexity index is 439. The molecule has 1 aliphatic carbocycles. The highest BCUT2D eigenvalue weighted by Crippen LogP contribution is 2.37. The zero-order valence-corrected chi connectivity index (χ0v) is 14.0. The quantitative estimate of drug-likeness (QED) is 0.899. The van der Waals surface area contributed by atoms with Crippen molar-refractivity contribution >= 4 is 11.3 Å². The molecule has 1 aromatic heterocycles. The van der Waals surface area contributed by atoms with Gasteiger partial charge in [0.15, 0.2) is 0 Å². The van der Waals surface area contributed by atoms with E-state index in [1.165, 1.54) is 35.6 Å². The first-order chi connectivity index (χ1) is 10.2. The van der Waals surface area contributed by atoms with Crippen LogP contribution in [0.15, 0.2) is 6.20 Å². The molecule has 21 heavy (non-hydrogen) atoms. The summed E-state index contributed by atoms with van der Waals surface area (Å²) in [5, 5.41) is 11.0. The highest BCUT2D eigenvalue weighted by atomic mass is 32.1. The van der Waals surface area contributed by atoms with E-state index >= 15 is 0 Å². The predicted octanol–water partition coefficient (Wildman–Crippen LogP) is 3.79. The van der Waals surface area contributed by atoms with Crippen LogP contribution in [0.2, 0.25) is 0 Å². The van der Waals surface area contributed by atoms with E-state index in [2.05, 4.69) is 23.0 Å². The molecule has 1 aromatic rings. The first-order valence-corrected chi connectivity index (χ1v) is 9.34. The number of likely N-dealkylation sites (tertiary alicyclic amines) is 1. The van der Waals surface area contributed by atoms with E-state index < -0.39 is 0 Å². The van der Waals surface area contributed by atoms with Gasteiger partial charge in [-0.15, -0.1) is 11.3 Å². The molecule has 1 saturated carbocycles. The van der Waals surface area contributed by atoms with Crippen molar-refractivity contribution in [1.29, 1.82) is 0 Å². The Morgan fingerprint density at radius 1 is 1.33 bits per heavy atom. The molecule has 4 heteroatoms. The maximum absolute atomic E-state index is 9.62. The lowest BCUT2D eigenvalue weighted by Gasteiger charge is -2.40. The third-order valence-corrected chi connectivity index (χ3v) is 6.80. The summed E-state index contributed by atoms with van der Waals surface area (Å²) in [5.74, 6) is 0.743. The molecule has 0 amide bonds. The van der Waals surface area contributed by atoms with Crippen molar-refractivity contribution < 1.29 is 5.11 Å². The van der Waals surface area contributed by atoms with Gasteiger partial charge in [0.05, 0.1) is 5.01 Å². The second kappa shape index (κ2) is 6.76. The van der Waals surface area contributed by atoms with E-state index in [1.807, 2.05) is 11.3 Å². The van der Waals surface area contributed by atoms with Crippen molar-refractivity contribution in [3.8, 4) is 0 Å². The summed E-state index contributed by atoms with van der Waals surface area (Å²) in [4.78, 5) is 8.63. The third kappa shape index (κ3) is 3.49. The number of nitrogens with zero attached hydrogens (tertiary/aromatic N) is 2. The molecule has 0 spiro atoms. The van der Waals surface area contributed by atoms with E-state index in [0.29, 0.717) is 6.61 Å². The Labute approximate surface area is 132 Å². The Balaban J connectivity index is 1.53. The fourth-order valence-corrected chi connectivity index (χ4v) is 4.92. The van der Waals surface area contributed by atoms with Gasteiger partial charge >= 0.3 is 0 Å². The van der Waals surface area contributed by atoms with Crippen molar-refractivity contribution in [3.63, 3.8) is 0 Å². The van der Waals surface area contributed by atoms with E-state index in [9.17, 15) is 5.11 Å². The topological polar surface area (TPSA) is 36.4 Å². The summed E-state index contributed by atoms with van der Waals surface area (Å²) in [6.07, 6.45) is 10.9. The van der Waals surface area contributed by atoms with Crippen LogP contribution < -0.4 is 0 Å². The molecule has 2 fully saturated rings. The minimum Gasteiger partial charge on any atom is -0.396 e. The Morgan fingerprint density at radius 3 is 2.67 bits per heavy atom. The molecule has 0 unspecified atom stereocenters. The molecule has 1 N–H and O–H groups in total. The second-order valence-electron chi connectivity index (χ2n) is 6.93. The van der Waals surface area contributed by atoms with Gasteiger partial charge in [0.25, 0.3) is 0 Å². The molecular formula is C17H28N2OS. The van der Waals surface area contributed by atoms with Gasteiger partial charge in [0.2, 0.25) is 0 Å². The van der Waals surface area contributed by atoms with Gasteiger partial charge in [-0.2, -0.15) is 0 Å². The number of hydrogen-bond donors (Lipinski definition) is 1. The maximum Gasteiger partial charge on any atom is 0.0959 e. The number of thiazole rings is 1.